The highest BCUT2D eigenvalue weighted by Gasteiger charge is 2.18. The van der Waals surface area contributed by atoms with Crippen molar-refractivity contribution in [3.8, 4) is 0 Å². The van der Waals surface area contributed by atoms with Gasteiger partial charge in [0.25, 0.3) is 5.22 Å². The van der Waals surface area contributed by atoms with Gasteiger partial charge in [-0.2, -0.15) is 0 Å². The van der Waals surface area contributed by atoms with Crippen molar-refractivity contribution in [1.82, 2.24) is 9.97 Å². The lowest BCUT2D eigenvalue weighted by Crippen LogP contribution is -2.22. The molecule has 0 atom stereocenters. The predicted molar refractivity (Wildman–Crippen MR) is 116 cm³/mol. The van der Waals surface area contributed by atoms with E-state index in [2.05, 4.69) is 9.97 Å². The van der Waals surface area contributed by atoms with Crippen molar-refractivity contribution in [1.29, 1.82) is 0 Å². The van der Waals surface area contributed by atoms with E-state index >= 15 is 0 Å². The maximum atomic E-state index is 12.1. The number of amides is 1. The number of aromatic nitrogens is 2. The van der Waals surface area contributed by atoms with Crippen LogP contribution in [0.5, 0.6) is 0 Å². The van der Waals surface area contributed by atoms with Crippen LogP contribution >= 0.6 is 23.1 Å². The van der Waals surface area contributed by atoms with Gasteiger partial charge in [0, 0.05) is 12.3 Å². The fourth-order valence-electron chi connectivity index (χ4n) is 2.70. The molecule has 7 nitrogen and oxygen atoms in total. The van der Waals surface area contributed by atoms with E-state index in [1.807, 2.05) is 54.6 Å². The molecule has 0 radical (unpaired) electrons. The number of hydrogen-bond donors (Lipinski definition) is 0. The minimum atomic E-state index is -0.400. The van der Waals surface area contributed by atoms with Gasteiger partial charge in [0.2, 0.25) is 5.91 Å². The summed E-state index contributed by atoms with van der Waals surface area (Å²) in [6.07, 6.45) is 0. The fourth-order valence-corrected chi connectivity index (χ4v) is 4.21. The van der Waals surface area contributed by atoms with Crippen molar-refractivity contribution >= 4 is 56.9 Å². The molecule has 0 N–H and O–H groups in total. The van der Waals surface area contributed by atoms with Gasteiger partial charge in [-0.15, -0.1) is 11.3 Å². The van der Waals surface area contributed by atoms with Crippen molar-refractivity contribution in [3.63, 3.8) is 0 Å². The third-order valence-electron chi connectivity index (χ3n) is 4.03. The zero-order valence-electron chi connectivity index (χ0n) is 16.0. The molecule has 0 aliphatic heterocycles. The highest BCUT2D eigenvalue weighted by molar-refractivity contribution is 7.99. The topological polar surface area (TPSA) is 85.5 Å². The molecular formula is C21H17N3O4S2. The lowest BCUT2D eigenvalue weighted by atomic mass is 10.3. The lowest BCUT2D eigenvalue weighted by Gasteiger charge is -2.17. The van der Waals surface area contributed by atoms with Crippen molar-refractivity contribution < 1.29 is 18.7 Å². The number of thiazole rings is 1. The smallest absolute Gasteiger partial charge is 0.316 e. The number of nitrogens with zero attached hydrogens (tertiary/aromatic N) is 3. The monoisotopic (exact) mass is 439 g/mol. The summed E-state index contributed by atoms with van der Waals surface area (Å²) < 4.78 is 10.9. The van der Waals surface area contributed by atoms with Crippen LogP contribution in [0.15, 0.2) is 69.6 Å². The first-order valence-electron chi connectivity index (χ1n) is 9.04. The zero-order chi connectivity index (χ0) is 20.9. The maximum Gasteiger partial charge on any atom is 0.316 e. The third-order valence-corrected chi connectivity index (χ3v) is 5.71. The first-order valence-corrected chi connectivity index (χ1v) is 10.9. The van der Waals surface area contributed by atoms with Crippen LogP contribution < -0.4 is 4.90 Å². The Morgan fingerprint density at radius 2 is 1.87 bits per heavy atom. The van der Waals surface area contributed by atoms with Crippen LogP contribution in [0.2, 0.25) is 0 Å². The Balaban J connectivity index is 1.33. The molecule has 2 heterocycles. The minimum Gasteiger partial charge on any atom is -0.459 e. The summed E-state index contributed by atoms with van der Waals surface area (Å²) >= 11 is 2.50. The number of oxazole rings is 1. The number of carbonyl (C=O) groups is 2. The third kappa shape index (κ3) is 4.69. The number of anilines is 2. The molecule has 4 aromatic rings. The summed E-state index contributed by atoms with van der Waals surface area (Å²) in [5.74, 6) is -0.468. The van der Waals surface area contributed by atoms with E-state index in [0.717, 1.165) is 11.2 Å². The van der Waals surface area contributed by atoms with Crippen LogP contribution in [0.3, 0.4) is 0 Å². The van der Waals surface area contributed by atoms with E-state index in [1.54, 1.807) is 5.38 Å². The van der Waals surface area contributed by atoms with Gasteiger partial charge in [0.15, 0.2) is 10.7 Å². The maximum absolute atomic E-state index is 12.1. The van der Waals surface area contributed by atoms with Gasteiger partial charge >= 0.3 is 5.97 Å². The molecule has 0 aliphatic carbocycles. The van der Waals surface area contributed by atoms with Gasteiger partial charge < -0.3 is 9.15 Å². The number of thioether (sulfide) groups is 1. The molecule has 4 rings (SSSR count). The molecule has 30 heavy (non-hydrogen) atoms. The van der Waals surface area contributed by atoms with Gasteiger partial charge in [-0.25, -0.2) is 9.97 Å². The summed E-state index contributed by atoms with van der Waals surface area (Å²) in [5.41, 5.74) is 2.74. The van der Waals surface area contributed by atoms with Gasteiger partial charge in [-0.3, -0.25) is 14.5 Å². The number of carbonyl (C=O) groups excluding carboxylic acids is 2. The zero-order valence-corrected chi connectivity index (χ0v) is 17.6. The molecule has 0 fully saturated rings. The van der Waals surface area contributed by atoms with Crippen LogP contribution in [0.1, 0.15) is 12.6 Å². The summed E-state index contributed by atoms with van der Waals surface area (Å²) in [4.78, 5) is 34.4. The van der Waals surface area contributed by atoms with Gasteiger partial charge in [-0.05, 0) is 24.3 Å². The molecule has 0 bridgehead atoms. The van der Waals surface area contributed by atoms with E-state index in [-0.39, 0.29) is 18.3 Å². The number of para-hydroxylation sites is 3. The summed E-state index contributed by atoms with van der Waals surface area (Å²) in [6.45, 7) is 1.52. The number of esters is 1. The summed E-state index contributed by atoms with van der Waals surface area (Å²) in [5, 5.41) is 2.72. The first-order chi connectivity index (χ1) is 14.6. The average molecular weight is 440 g/mol. The molecular weight excluding hydrogens is 422 g/mol. The molecule has 9 heteroatoms. The Morgan fingerprint density at radius 3 is 2.63 bits per heavy atom. The number of rotatable bonds is 7. The Hall–Kier alpha value is -3.17. The Bertz CT molecular complexity index is 1140. The van der Waals surface area contributed by atoms with Crippen LogP contribution in [0.4, 0.5) is 10.8 Å². The SMILES string of the molecule is CC(=O)N(c1ccccc1)c1nc(COC(=O)CSc2nc3ccccc3o2)cs1. The van der Waals surface area contributed by atoms with Gasteiger partial charge in [0.05, 0.1) is 11.4 Å². The quantitative estimate of drug-likeness (QED) is 0.302. The number of fused-ring (bicyclic) bond motifs is 1. The van der Waals surface area contributed by atoms with Crippen LogP contribution in [-0.4, -0.2) is 27.6 Å². The van der Waals surface area contributed by atoms with E-state index < -0.39 is 5.97 Å². The Labute approximate surface area is 180 Å². The molecule has 0 spiro atoms. The average Bonchev–Trinajstić information content (AvgIpc) is 3.38. The second kappa shape index (κ2) is 9.10. The number of hydrogen-bond acceptors (Lipinski definition) is 8. The van der Waals surface area contributed by atoms with Crippen molar-refractivity contribution in [2.24, 2.45) is 0 Å². The predicted octanol–water partition coefficient (Wildman–Crippen LogP) is 4.80. The van der Waals surface area contributed by atoms with E-state index in [4.69, 9.17) is 9.15 Å². The van der Waals surface area contributed by atoms with Crippen LogP contribution in [-0.2, 0) is 20.9 Å². The molecule has 1 amide bonds. The molecule has 0 unspecified atom stereocenters. The van der Waals surface area contributed by atoms with Gasteiger partial charge in [-0.1, -0.05) is 42.1 Å². The molecule has 2 aromatic heterocycles. The molecule has 152 valence electrons. The first kappa shape index (κ1) is 20.1. The van der Waals surface area contributed by atoms with E-state index in [0.29, 0.717) is 21.6 Å². The minimum absolute atomic E-state index is 0.0317. The van der Waals surface area contributed by atoms with Crippen LogP contribution in [0.25, 0.3) is 11.1 Å². The second-order valence-electron chi connectivity index (χ2n) is 6.21. The van der Waals surface area contributed by atoms with Crippen molar-refractivity contribution in [2.45, 2.75) is 18.8 Å². The second-order valence-corrected chi connectivity index (χ2v) is 7.97. The van der Waals surface area contributed by atoms with Crippen molar-refractivity contribution in [2.75, 3.05) is 10.7 Å². The normalized spacial score (nSPS) is 10.8. The highest BCUT2D eigenvalue weighted by atomic mass is 32.2. The van der Waals surface area contributed by atoms with Crippen molar-refractivity contribution in [3.05, 3.63) is 65.7 Å². The van der Waals surface area contributed by atoms with E-state index in [9.17, 15) is 9.59 Å². The standard InChI is InChI=1S/C21H17N3O4S2/c1-14(25)24(16-7-3-2-4-8-16)20-22-15(12-29-20)11-27-19(26)13-30-21-23-17-9-5-6-10-18(17)28-21/h2-10,12H,11,13H2,1H3. The van der Waals surface area contributed by atoms with E-state index in [1.165, 1.54) is 34.9 Å². The van der Waals surface area contributed by atoms with Gasteiger partial charge in [0.1, 0.15) is 17.9 Å². The summed E-state index contributed by atoms with van der Waals surface area (Å²) in [7, 11) is 0. The molecule has 0 saturated carbocycles. The number of benzene rings is 2. The lowest BCUT2D eigenvalue weighted by molar-refractivity contribution is -0.141. The number of ether oxygens (including phenoxy) is 1. The van der Waals surface area contributed by atoms with Crippen LogP contribution in [0, 0.1) is 0 Å². The Morgan fingerprint density at radius 1 is 1.10 bits per heavy atom. The molecule has 2 aromatic carbocycles. The highest BCUT2D eigenvalue weighted by Crippen LogP contribution is 2.29. The summed E-state index contributed by atoms with van der Waals surface area (Å²) in [6, 6.07) is 16.7. The fraction of sp³-hybridized carbons (Fsp3) is 0.143. The Kier molecular flexibility index (Phi) is 6.10. The molecule has 0 saturated heterocycles. The largest absolute Gasteiger partial charge is 0.459 e. The molecule has 0 aliphatic rings.